The van der Waals surface area contributed by atoms with Crippen molar-refractivity contribution >= 4 is 22.5 Å². The number of rotatable bonds is 1. The molecule has 0 aliphatic heterocycles. The molecular weight excluding hydrogens is 218 g/mol. The molecule has 0 atom stereocenters. The molecule has 0 saturated heterocycles. The number of aryl methyl sites for hydroxylation is 2. The third-order valence-electron chi connectivity index (χ3n) is 2.75. The highest BCUT2D eigenvalue weighted by atomic mass is 16.3. The van der Waals surface area contributed by atoms with Gasteiger partial charge in [0.05, 0.1) is 5.52 Å². The Kier molecular flexibility index (Phi) is 2.67. The van der Waals surface area contributed by atoms with Crippen LogP contribution in [0.1, 0.15) is 18.1 Å². The molecule has 5 heteroatoms. The molecule has 5 nitrogen and oxygen atoms in total. The van der Waals surface area contributed by atoms with E-state index in [-0.39, 0.29) is 5.88 Å². The number of aromatic hydroxyl groups is 1. The Hall–Kier alpha value is -2.17. The van der Waals surface area contributed by atoms with Gasteiger partial charge in [-0.05, 0) is 25.0 Å². The molecule has 2 aromatic rings. The number of aromatic amines is 1. The number of nitrogens with one attached hydrogen (secondary N) is 1. The van der Waals surface area contributed by atoms with Crippen LogP contribution in [-0.4, -0.2) is 16.0 Å². The maximum atomic E-state index is 10.8. The zero-order valence-corrected chi connectivity index (χ0v) is 9.90. The largest absolute Gasteiger partial charge is 0.493 e. The van der Waals surface area contributed by atoms with Crippen LogP contribution in [0, 0.1) is 13.8 Å². The summed E-state index contributed by atoms with van der Waals surface area (Å²) in [4.78, 5) is 13.6. The minimum Gasteiger partial charge on any atom is -0.493 e. The van der Waals surface area contributed by atoms with Crippen molar-refractivity contribution in [3.8, 4) is 5.88 Å². The molecule has 0 fully saturated rings. The van der Waals surface area contributed by atoms with E-state index in [1.54, 1.807) is 0 Å². The molecule has 0 bridgehead atoms. The summed E-state index contributed by atoms with van der Waals surface area (Å²) in [6.45, 7) is 5.26. The number of H-pyrrole nitrogens is 1. The van der Waals surface area contributed by atoms with Crippen LogP contribution in [0.2, 0.25) is 0 Å². The number of carbonyl (C=O) groups is 1. The van der Waals surface area contributed by atoms with Crippen molar-refractivity contribution in [1.82, 2.24) is 4.98 Å². The summed E-state index contributed by atoms with van der Waals surface area (Å²) in [6.07, 6.45) is 0. The number of benzene rings is 1. The van der Waals surface area contributed by atoms with Gasteiger partial charge in [0.2, 0.25) is 5.88 Å². The molecule has 0 aliphatic carbocycles. The quantitative estimate of drug-likeness (QED) is 0.739. The second-order valence-electron chi connectivity index (χ2n) is 3.97. The Morgan fingerprint density at radius 1 is 1.35 bits per heavy atom. The minimum atomic E-state index is -0.400. The fourth-order valence-electron chi connectivity index (χ4n) is 1.70. The van der Waals surface area contributed by atoms with E-state index in [0.29, 0.717) is 5.69 Å². The van der Waals surface area contributed by atoms with E-state index in [1.807, 2.05) is 26.0 Å². The van der Waals surface area contributed by atoms with Crippen molar-refractivity contribution in [3.63, 3.8) is 0 Å². The number of amides is 1. The average Bonchev–Trinajstić information content (AvgIpc) is 2.58. The summed E-state index contributed by atoms with van der Waals surface area (Å²) in [5.74, 6) is -0.471. The molecule has 1 heterocycles. The topological polar surface area (TPSA) is 77.8 Å². The maximum absolute atomic E-state index is 10.8. The van der Waals surface area contributed by atoms with Gasteiger partial charge in [-0.1, -0.05) is 12.1 Å². The summed E-state index contributed by atoms with van der Waals surface area (Å²) in [5, 5.41) is 17.7. The molecule has 0 spiro atoms. The van der Waals surface area contributed by atoms with E-state index in [1.165, 1.54) is 6.92 Å². The van der Waals surface area contributed by atoms with Crippen LogP contribution in [0.4, 0.5) is 5.69 Å². The van der Waals surface area contributed by atoms with Gasteiger partial charge < -0.3 is 10.1 Å². The lowest BCUT2D eigenvalue weighted by Crippen LogP contribution is -1.81. The molecule has 0 aliphatic rings. The highest BCUT2D eigenvalue weighted by molar-refractivity contribution is 5.96. The van der Waals surface area contributed by atoms with Crippen LogP contribution in [0.3, 0.4) is 0 Å². The minimum absolute atomic E-state index is 0.0706. The van der Waals surface area contributed by atoms with Crippen molar-refractivity contribution in [2.45, 2.75) is 20.8 Å². The predicted octanol–water partition coefficient (Wildman–Crippen LogP) is 3.12. The number of aromatic nitrogens is 1. The predicted molar refractivity (Wildman–Crippen MR) is 64.6 cm³/mol. The summed E-state index contributed by atoms with van der Waals surface area (Å²) in [5.41, 5.74) is 3.29. The second kappa shape index (κ2) is 4.01. The standard InChI is InChI=1S/C12H13N3O2/c1-6-4-5-9-10(7(6)2)13-12(17)11(9)15-14-8(3)16/h4-5,13,17H,1-3H3. The lowest BCUT2D eigenvalue weighted by molar-refractivity contribution is -0.116. The van der Waals surface area contributed by atoms with Gasteiger partial charge >= 0.3 is 0 Å². The monoisotopic (exact) mass is 231 g/mol. The average molecular weight is 231 g/mol. The molecule has 17 heavy (non-hydrogen) atoms. The maximum Gasteiger partial charge on any atom is 0.261 e. The summed E-state index contributed by atoms with van der Waals surface area (Å²) in [7, 11) is 0. The number of carbonyl (C=O) groups excluding carboxylic acids is 1. The van der Waals surface area contributed by atoms with Crippen molar-refractivity contribution in [1.29, 1.82) is 0 Å². The van der Waals surface area contributed by atoms with Crippen LogP contribution in [0.5, 0.6) is 5.88 Å². The molecule has 0 radical (unpaired) electrons. The first kappa shape index (κ1) is 11.3. The molecule has 0 unspecified atom stereocenters. The van der Waals surface area contributed by atoms with E-state index < -0.39 is 5.91 Å². The zero-order valence-electron chi connectivity index (χ0n) is 9.90. The SMILES string of the molecule is CC(=O)N=Nc1c(O)[nH]c2c(C)c(C)ccc12. The van der Waals surface area contributed by atoms with Crippen LogP contribution >= 0.6 is 0 Å². The van der Waals surface area contributed by atoms with Gasteiger partial charge in [0.25, 0.3) is 5.91 Å². The fourth-order valence-corrected chi connectivity index (χ4v) is 1.70. The number of fused-ring (bicyclic) bond motifs is 1. The van der Waals surface area contributed by atoms with Crippen LogP contribution in [0.25, 0.3) is 10.9 Å². The number of nitrogens with zero attached hydrogens (tertiary/aromatic N) is 2. The first-order valence-electron chi connectivity index (χ1n) is 5.24. The van der Waals surface area contributed by atoms with Gasteiger partial charge in [-0.3, -0.25) is 4.79 Å². The van der Waals surface area contributed by atoms with Crippen molar-refractivity contribution < 1.29 is 9.90 Å². The Morgan fingerprint density at radius 2 is 2.06 bits per heavy atom. The second-order valence-corrected chi connectivity index (χ2v) is 3.97. The Morgan fingerprint density at radius 3 is 2.71 bits per heavy atom. The van der Waals surface area contributed by atoms with Gasteiger partial charge in [-0.15, -0.1) is 10.2 Å². The first-order chi connectivity index (χ1) is 8.00. The van der Waals surface area contributed by atoms with Crippen molar-refractivity contribution in [3.05, 3.63) is 23.3 Å². The molecule has 0 saturated carbocycles. The van der Waals surface area contributed by atoms with E-state index >= 15 is 0 Å². The first-order valence-corrected chi connectivity index (χ1v) is 5.24. The molecule has 2 rings (SSSR count). The normalized spacial score (nSPS) is 11.5. The van der Waals surface area contributed by atoms with Crippen LogP contribution < -0.4 is 0 Å². The Balaban J connectivity index is 2.69. The summed E-state index contributed by atoms with van der Waals surface area (Å²) < 4.78 is 0. The van der Waals surface area contributed by atoms with E-state index in [9.17, 15) is 9.90 Å². The lowest BCUT2D eigenvalue weighted by Gasteiger charge is -2.00. The highest BCUT2D eigenvalue weighted by Gasteiger charge is 2.12. The number of hydrogen-bond donors (Lipinski definition) is 2. The third-order valence-corrected chi connectivity index (χ3v) is 2.75. The van der Waals surface area contributed by atoms with Crippen molar-refractivity contribution in [2.24, 2.45) is 10.2 Å². The summed E-state index contributed by atoms with van der Waals surface area (Å²) >= 11 is 0. The zero-order chi connectivity index (χ0) is 12.6. The summed E-state index contributed by atoms with van der Waals surface area (Å²) in [6, 6.07) is 3.79. The van der Waals surface area contributed by atoms with Crippen LogP contribution in [-0.2, 0) is 4.79 Å². The van der Waals surface area contributed by atoms with Gasteiger partial charge in [0.15, 0.2) is 5.69 Å². The molecule has 1 aromatic heterocycles. The molecule has 2 N–H and O–H groups in total. The Labute approximate surface area is 98.2 Å². The van der Waals surface area contributed by atoms with E-state index in [4.69, 9.17) is 0 Å². The molecular formula is C12H13N3O2. The molecule has 1 aromatic carbocycles. The van der Waals surface area contributed by atoms with Gasteiger partial charge in [0.1, 0.15) is 0 Å². The molecule has 88 valence electrons. The van der Waals surface area contributed by atoms with E-state index in [2.05, 4.69) is 15.2 Å². The smallest absolute Gasteiger partial charge is 0.261 e. The third kappa shape index (κ3) is 1.91. The van der Waals surface area contributed by atoms with E-state index in [0.717, 1.165) is 22.0 Å². The number of hydrogen-bond acceptors (Lipinski definition) is 3. The molecule has 1 amide bonds. The highest BCUT2D eigenvalue weighted by Crippen LogP contribution is 2.37. The van der Waals surface area contributed by atoms with Gasteiger partial charge in [-0.25, -0.2) is 0 Å². The Bertz CT molecular complexity index is 626. The van der Waals surface area contributed by atoms with Crippen LogP contribution in [0.15, 0.2) is 22.4 Å². The fraction of sp³-hybridized carbons (Fsp3) is 0.250. The van der Waals surface area contributed by atoms with Gasteiger partial charge in [0, 0.05) is 12.3 Å². The van der Waals surface area contributed by atoms with Crippen molar-refractivity contribution in [2.75, 3.05) is 0 Å². The van der Waals surface area contributed by atoms with Gasteiger partial charge in [-0.2, -0.15) is 0 Å². The number of azo groups is 1. The lowest BCUT2D eigenvalue weighted by atomic mass is 10.1.